The van der Waals surface area contributed by atoms with E-state index < -0.39 is 43.3 Å². The molecule has 5 atom stereocenters. The molecule has 0 aromatic heterocycles. The highest BCUT2D eigenvalue weighted by Gasteiger charge is 2.45. The van der Waals surface area contributed by atoms with Crippen LogP contribution in [0.25, 0.3) is 0 Å². The van der Waals surface area contributed by atoms with Gasteiger partial charge in [-0.25, -0.2) is 4.79 Å². The maximum atomic E-state index is 10.4. The zero-order valence-corrected chi connectivity index (χ0v) is 10.2. The fourth-order valence-electron chi connectivity index (χ4n) is 1.77. The molecule has 0 bridgehead atoms. The fraction of sp³-hybridized carbons (Fsp3) is 0.900. The summed E-state index contributed by atoms with van der Waals surface area (Å²) in [6, 6.07) is 0. The van der Waals surface area contributed by atoms with Gasteiger partial charge >= 0.3 is 5.97 Å². The second-order valence-corrected chi connectivity index (χ2v) is 3.88. The number of rotatable bonds is 6. The minimum absolute atomic E-state index is 0.0773. The van der Waals surface area contributed by atoms with Crippen LogP contribution in [0.15, 0.2) is 0 Å². The summed E-state index contributed by atoms with van der Waals surface area (Å²) in [5.74, 6) is -1.18. The number of aliphatic hydroxyl groups excluding tert-OH is 2. The Kier molecular flexibility index (Phi) is 5.93. The maximum Gasteiger partial charge on any atom is 0.329 e. The molecule has 106 valence electrons. The number of carboxylic acid groups (broad SMARTS) is 1. The number of aliphatic carboxylic acids is 1. The summed E-state index contributed by atoms with van der Waals surface area (Å²) in [6.07, 6.45) is -5.37. The predicted molar refractivity (Wildman–Crippen MR) is 56.9 cm³/mol. The van der Waals surface area contributed by atoms with Gasteiger partial charge in [-0.15, -0.1) is 0 Å². The summed E-state index contributed by atoms with van der Waals surface area (Å²) in [4.78, 5) is 10.4. The van der Waals surface area contributed by atoms with Crippen LogP contribution in [0, 0.1) is 0 Å². The summed E-state index contributed by atoms with van der Waals surface area (Å²) < 4.78 is 20.1. The summed E-state index contributed by atoms with van der Waals surface area (Å²) in [6.45, 7) is -0.524. The molecule has 18 heavy (non-hydrogen) atoms. The molecule has 1 heterocycles. The van der Waals surface area contributed by atoms with Gasteiger partial charge in [0, 0.05) is 14.2 Å². The van der Waals surface area contributed by atoms with Gasteiger partial charge in [-0.2, -0.15) is 0 Å². The van der Waals surface area contributed by atoms with E-state index in [9.17, 15) is 15.0 Å². The summed E-state index contributed by atoms with van der Waals surface area (Å²) >= 11 is 0. The second kappa shape index (κ2) is 6.98. The van der Waals surface area contributed by atoms with E-state index >= 15 is 0 Å². The van der Waals surface area contributed by atoms with Crippen LogP contribution in [0.1, 0.15) is 0 Å². The molecule has 0 saturated carbocycles. The average Bonchev–Trinajstić information content (AvgIpc) is 2.33. The van der Waals surface area contributed by atoms with E-state index in [2.05, 4.69) is 0 Å². The largest absolute Gasteiger partial charge is 0.480 e. The highest BCUT2D eigenvalue weighted by Crippen LogP contribution is 2.24. The molecular weight excluding hydrogens is 248 g/mol. The van der Waals surface area contributed by atoms with Crippen molar-refractivity contribution in [2.24, 2.45) is 0 Å². The zero-order valence-electron chi connectivity index (χ0n) is 10.2. The van der Waals surface area contributed by atoms with Crippen LogP contribution in [0.2, 0.25) is 0 Å². The van der Waals surface area contributed by atoms with E-state index in [1.165, 1.54) is 14.2 Å². The molecule has 0 amide bonds. The van der Waals surface area contributed by atoms with E-state index in [4.69, 9.17) is 24.1 Å². The minimum Gasteiger partial charge on any atom is -0.480 e. The van der Waals surface area contributed by atoms with Crippen molar-refractivity contribution in [2.75, 3.05) is 27.4 Å². The molecule has 1 fully saturated rings. The zero-order chi connectivity index (χ0) is 13.7. The first kappa shape index (κ1) is 15.3. The molecule has 0 aromatic rings. The Hall–Kier alpha value is -0.770. The van der Waals surface area contributed by atoms with E-state index in [1.54, 1.807) is 0 Å². The first-order chi connectivity index (χ1) is 8.51. The first-order valence-corrected chi connectivity index (χ1v) is 5.38. The van der Waals surface area contributed by atoms with Crippen molar-refractivity contribution in [3.8, 4) is 0 Å². The molecular formula is C10H18O8. The molecule has 8 nitrogen and oxygen atoms in total. The van der Waals surface area contributed by atoms with Crippen LogP contribution >= 0.6 is 0 Å². The van der Waals surface area contributed by atoms with Gasteiger partial charge in [0.15, 0.2) is 6.29 Å². The standard InChI is InChI=1S/C10H18O8/c1-15-3-5-9(17-4-6(11)12)7(13)8(14)10(16-2)18-5/h5,7-10,13-14H,3-4H2,1-2H3,(H,11,12)/t5-,7-,8-,9-,10+/m1/s1. The van der Waals surface area contributed by atoms with Crippen LogP contribution in [0.4, 0.5) is 0 Å². The summed E-state index contributed by atoms with van der Waals surface area (Å²) in [5.41, 5.74) is 0. The highest BCUT2D eigenvalue weighted by molar-refractivity contribution is 5.68. The third-order valence-electron chi connectivity index (χ3n) is 2.60. The van der Waals surface area contributed by atoms with Gasteiger partial charge in [0.2, 0.25) is 0 Å². The normalized spacial score (nSPS) is 36.6. The topological polar surface area (TPSA) is 115 Å². The first-order valence-electron chi connectivity index (χ1n) is 5.38. The van der Waals surface area contributed by atoms with Crippen LogP contribution in [-0.4, -0.2) is 79.4 Å². The van der Waals surface area contributed by atoms with Gasteiger partial charge in [0.05, 0.1) is 6.61 Å². The maximum absolute atomic E-state index is 10.4. The van der Waals surface area contributed by atoms with Crippen LogP contribution in [0.3, 0.4) is 0 Å². The van der Waals surface area contributed by atoms with Gasteiger partial charge in [0.1, 0.15) is 31.0 Å². The Labute approximate surface area is 104 Å². The second-order valence-electron chi connectivity index (χ2n) is 3.88. The highest BCUT2D eigenvalue weighted by atomic mass is 16.7. The monoisotopic (exact) mass is 266 g/mol. The Morgan fingerprint density at radius 3 is 2.44 bits per heavy atom. The smallest absolute Gasteiger partial charge is 0.329 e. The number of hydrogen-bond acceptors (Lipinski definition) is 7. The number of hydrogen-bond donors (Lipinski definition) is 3. The van der Waals surface area contributed by atoms with E-state index in [0.29, 0.717) is 0 Å². The van der Waals surface area contributed by atoms with Crippen LogP contribution < -0.4 is 0 Å². The number of ether oxygens (including phenoxy) is 4. The molecule has 0 radical (unpaired) electrons. The van der Waals surface area contributed by atoms with Crippen molar-refractivity contribution >= 4 is 5.97 Å². The quantitative estimate of drug-likeness (QED) is 0.515. The lowest BCUT2D eigenvalue weighted by Gasteiger charge is -2.41. The molecule has 1 saturated heterocycles. The van der Waals surface area contributed by atoms with Gasteiger partial charge < -0.3 is 34.3 Å². The van der Waals surface area contributed by atoms with Gasteiger partial charge in [-0.3, -0.25) is 0 Å². The third-order valence-corrected chi connectivity index (χ3v) is 2.60. The fourth-order valence-corrected chi connectivity index (χ4v) is 1.77. The molecule has 1 aliphatic rings. The van der Waals surface area contributed by atoms with Gasteiger partial charge in [-0.1, -0.05) is 0 Å². The Bertz CT molecular complexity index is 271. The molecule has 1 aliphatic heterocycles. The molecule has 0 aliphatic carbocycles. The number of aliphatic hydroxyl groups is 2. The van der Waals surface area contributed by atoms with Crippen LogP contribution in [-0.2, 0) is 23.7 Å². The minimum atomic E-state index is -1.32. The lowest BCUT2D eigenvalue weighted by Crippen LogP contribution is -2.60. The Morgan fingerprint density at radius 1 is 1.28 bits per heavy atom. The third kappa shape index (κ3) is 3.61. The average molecular weight is 266 g/mol. The SMILES string of the molecule is COC[C@H]1O[C@H](OC)[C@H](O)[C@@H](O)[C@@H]1OCC(=O)O. The number of carbonyl (C=O) groups is 1. The molecule has 1 rings (SSSR count). The Balaban J connectivity index is 2.71. The molecule has 8 heteroatoms. The van der Waals surface area contributed by atoms with Gasteiger partial charge in [0.25, 0.3) is 0 Å². The van der Waals surface area contributed by atoms with E-state index in [1.807, 2.05) is 0 Å². The van der Waals surface area contributed by atoms with Crippen molar-refractivity contribution in [1.82, 2.24) is 0 Å². The lowest BCUT2D eigenvalue weighted by molar-refractivity contribution is -0.301. The van der Waals surface area contributed by atoms with Crippen molar-refractivity contribution in [2.45, 2.75) is 30.7 Å². The molecule has 0 spiro atoms. The molecule has 0 unspecified atom stereocenters. The van der Waals surface area contributed by atoms with Crippen molar-refractivity contribution in [3.05, 3.63) is 0 Å². The lowest BCUT2D eigenvalue weighted by atomic mass is 9.99. The number of carboxylic acids is 1. The molecule has 0 aromatic carbocycles. The van der Waals surface area contributed by atoms with Crippen molar-refractivity contribution in [1.29, 1.82) is 0 Å². The summed E-state index contributed by atoms with van der Waals surface area (Å²) in [7, 11) is 2.75. The van der Waals surface area contributed by atoms with Crippen molar-refractivity contribution < 1.29 is 39.1 Å². The van der Waals surface area contributed by atoms with E-state index in [-0.39, 0.29) is 6.61 Å². The van der Waals surface area contributed by atoms with Gasteiger partial charge in [-0.05, 0) is 0 Å². The summed E-state index contributed by atoms with van der Waals surface area (Å²) in [5, 5.41) is 28.1. The predicted octanol–water partition coefficient (Wildman–Crippen LogP) is -1.80. The van der Waals surface area contributed by atoms with Crippen molar-refractivity contribution in [3.63, 3.8) is 0 Å². The number of methoxy groups -OCH3 is 2. The Morgan fingerprint density at radius 2 is 1.94 bits per heavy atom. The molecule has 3 N–H and O–H groups in total. The van der Waals surface area contributed by atoms with E-state index in [0.717, 1.165) is 0 Å². The van der Waals surface area contributed by atoms with Crippen LogP contribution in [0.5, 0.6) is 0 Å².